The number of benzene rings is 3. The van der Waals surface area contributed by atoms with Crippen LogP contribution in [-0.2, 0) is 6.54 Å². The van der Waals surface area contributed by atoms with E-state index in [-0.39, 0.29) is 0 Å². The van der Waals surface area contributed by atoms with E-state index in [0.29, 0.717) is 0 Å². The molecule has 3 heteroatoms. The molecule has 0 saturated heterocycles. The number of hydrogen-bond acceptors (Lipinski definition) is 3. The molecule has 134 valence electrons. The van der Waals surface area contributed by atoms with Crippen molar-refractivity contribution in [2.24, 2.45) is 0 Å². The monoisotopic (exact) mass is 353 g/mol. The van der Waals surface area contributed by atoms with Crippen LogP contribution in [0, 0.1) is 6.92 Å². The standard InChI is InChI=1S/C24H23N3/c1-3-27(17-19-10-6-4-7-11-19)24-25-22-15-14-18(2)16-21(22)23(26-24)20-12-8-5-9-13-20/h4-16H,3,17H2,1-2H3. The number of nitrogens with zero attached hydrogens (tertiary/aromatic N) is 3. The SMILES string of the molecule is CCN(Cc1ccccc1)c1nc(-c2ccccc2)c2cc(C)ccc2n1. The molecule has 0 radical (unpaired) electrons. The van der Waals surface area contributed by atoms with Crippen molar-refractivity contribution in [2.75, 3.05) is 11.4 Å². The molecule has 0 spiro atoms. The molecule has 0 amide bonds. The lowest BCUT2D eigenvalue weighted by Crippen LogP contribution is -2.24. The first kappa shape index (κ1) is 17.2. The summed E-state index contributed by atoms with van der Waals surface area (Å²) in [5.74, 6) is 0.775. The van der Waals surface area contributed by atoms with E-state index in [1.54, 1.807) is 0 Å². The summed E-state index contributed by atoms with van der Waals surface area (Å²) in [7, 11) is 0. The van der Waals surface area contributed by atoms with Gasteiger partial charge in [-0.05, 0) is 31.5 Å². The molecule has 27 heavy (non-hydrogen) atoms. The van der Waals surface area contributed by atoms with Crippen LogP contribution in [0.15, 0.2) is 78.9 Å². The van der Waals surface area contributed by atoms with Gasteiger partial charge in [0.15, 0.2) is 0 Å². The van der Waals surface area contributed by atoms with E-state index in [2.05, 4.69) is 85.5 Å². The Bertz CT molecular complexity index is 1040. The van der Waals surface area contributed by atoms with Crippen LogP contribution in [0.4, 0.5) is 5.95 Å². The second kappa shape index (κ2) is 7.58. The van der Waals surface area contributed by atoms with Crippen LogP contribution < -0.4 is 4.90 Å². The predicted octanol–water partition coefficient (Wildman–Crippen LogP) is 5.63. The third kappa shape index (κ3) is 3.68. The van der Waals surface area contributed by atoms with E-state index in [4.69, 9.17) is 9.97 Å². The Balaban J connectivity index is 1.84. The van der Waals surface area contributed by atoms with Crippen LogP contribution in [0.2, 0.25) is 0 Å². The zero-order chi connectivity index (χ0) is 18.6. The van der Waals surface area contributed by atoms with Crippen LogP contribution in [0.1, 0.15) is 18.1 Å². The summed E-state index contributed by atoms with van der Waals surface area (Å²) < 4.78 is 0. The molecule has 1 aromatic heterocycles. The van der Waals surface area contributed by atoms with Gasteiger partial charge >= 0.3 is 0 Å². The average Bonchev–Trinajstić information content (AvgIpc) is 2.72. The number of aromatic nitrogens is 2. The van der Waals surface area contributed by atoms with Gasteiger partial charge in [-0.15, -0.1) is 0 Å². The zero-order valence-corrected chi connectivity index (χ0v) is 15.8. The molecule has 0 fully saturated rings. The van der Waals surface area contributed by atoms with Crippen molar-refractivity contribution < 1.29 is 0 Å². The third-order valence-corrected chi connectivity index (χ3v) is 4.77. The van der Waals surface area contributed by atoms with Crippen molar-refractivity contribution in [3.63, 3.8) is 0 Å². The highest BCUT2D eigenvalue weighted by Gasteiger charge is 2.14. The van der Waals surface area contributed by atoms with Gasteiger partial charge in [0, 0.05) is 24.0 Å². The molecule has 1 heterocycles. The summed E-state index contributed by atoms with van der Waals surface area (Å²) in [5.41, 5.74) is 5.56. The van der Waals surface area contributed by atoms with Crippen LogP contribution in [0.25, 0.3) is 22.2 Å². The smallest absolute Gasteiger partial charge is 0.226 e. The van der Waals surface area contributed by atoms with Crippen LogP contribution >= 0.6 is 0 Å². The Kier molecular flexibility index (Phi) is 4.84. The van der Waals surface area contributed by atoms with Crippen molar-refractivity contribution in [3.8, 4) is 11.3 Å². The minimum absolute atomic E-state index is 0.775. The fourth-order valence-corrected chi connectivity index (χ4v) is 3.32. The van der Waals surface area contributed by atoms with Gasteiger partial charge in [0.05, 0.1) is 11.2 Å². The fraction of sp³-hybridized carbons (Fsp3) is 0.167. The number of hydrogen-bond donors (Lipinski definition) is 0. The van der Waals surface area contributed by atoms with Gasteiger partial charge in [-0.2, -0.15) is 0 Å². The Morgan fingerprint density at radius 2 is 1.52 bits per heavy atom. The maximum atomic E-state index is 4.99. The van der Waals surface area contributed by atoms with Gasteiger partial charge in [0.1, 0.15) is 0 Å². The van der Waals surface area contributed by atoms with Gasteiger partial charge in [0.2, 0.25) is 5.95 Å². The summed E-state index contributed by atoms with van der Waals surface area (Å²) in [6.07, 6.45) is 0. The number of rotatable bonds is 5. The van der Waals surface area contributed by atoms with Crippen LogP contribution in [0.5, 0.6) is 0 Å². The van der Waals surface area contributed by atoms with Gasteiger partial charge in [-0.1, -0.05) is 72.3 Å². The van der Waals surface area contributed by atoms with Crippen LogP contribution in [-0.4, -0.2) is 16.5 Å². The Hall–Kier alpha value is -3.20. The first-order valence-electron chi connectivity index (χ1n) is 9.37. The number of aryl methyl sites for hydroxylation is 1. The number of anilines is 1. The van der Waals surface area contributed by atoms with Crippen molar-refractivity contribution in [3.05, 3.63) is 90.0 Å². The molecule has 0 aliphatic rings. The van der Waals surface area contributed by atoms with E-state index >= 15 is 0 Å². The van der Waals surface area contributed by atoms with Crippen molar-refractivity contribution >= 4 is 16.9 Å². The lowest BCUT2D eigenvalue weighted by Gasteiger charge is -2.22. The Morgan fingerprint density at radius 1 is 0.815 bits per heavy atom. The van der Waals surface area contributed by atoms with Gasteiger partial charge < -0.3 is 4.90 Å². The summed E-state index contributed by atoms with van der Waals surface area (Å²) >= 11 is 0. The Morgan fingerprint density at radius 3 is 2.22 bits per heavy atom. The quantitative estimate of drug-likeness (QED) is 0.465. The van der Waals surface area contributed by atoms with E-state index in [9.17, 15) is 0 Å². The van der Waals surface area contributed by atoms with E-state index < -0.39 is 0 Å². The molecular weight excluding hydrogens is 330 g/mol. The lowest BCUT2D eigenvalue weighted by atomic mass is 10.0. The predicted molar refractivity (Wildman–Crippen MR) is 113 cm³/mol. The maximum absolute atomic E-state index is 4.99. The second-order valence-corrected chi connectivity index (χ2v) is 6.76. The molecule has 0 saturated carbocycles. The zero-order valence-electron chi connectivity index (χ0n) is 15.8. The Labute approximate surface area is 160 Å². The fourth-order valence-electron chi connectivity index (χ4n) is 3.32. The molecule has 4 aromatic rings. The van der Waals surface area contributed by atoms with E-state index in [0.717, 1.165) is 41.2 Å². The van der Waals surface area contributed by atoms with Crippen molar-refractivity contribution in [2.45, 2.75) is 20.4 Å². The molecule has 4 rings (SSSR count). The number of fused-ring (bicyclic) bond motifs is 1. The molecule has 0 atom stereocenters. The molecular formula is C24H23N3. The summed E-state index contributed by atoms with van der Waals surface area (Å²) in [4.78, 5) is 12.1. The summed E-state index contributed by atoms with van der Waals surface area (Å²) in [6, 6.07) is 27.2. The largest absolute Gasteiger partial charge is 0.337 e. The first-order valence-corrected chi connectivity index (χ1v) is 9.37. The molecule has 3 nitrogen and oxygen atoms in total. The van der Waals surface area contributed by atoms with Crippen LogP contribution in [0.3, 0.4) is 0 Å². The first-order chi connectivity index (χ1) is 13.2. The normalized spacial score (nSPS) is 10.9. The maximum Gasteiger partial charge on any atom is 0.226 e. The van der Waals surface area contributed by atoms with Crippen molar-refractivity contribution in [1.29, 1.82) is 0 Å². The van der Waals surface area contributed by atoms with Crippen molar-refractivity contribution in [1.82, 2.24) is 9.97 Å². The summed E-state index contributed by atoms with van der Waals surface area (Å²) in [5, 5.41) is 1.10. The third-order valence-electron chi connectivity index (χ3n) is 4.77. The average molecular weight is 353 g/mol. The molecule has 0 aliphatic carbocycles. The molecule has 0 N–H and O–H groups in total. The highest BCUT2D eigenvalue weighted by Crippen LogP contribution is 2.29. The van der Waals surface area contributed by atoms with Gasteiger partial charge in [-0.3, -0.25) is 0 Å². The highest BCUT2D eigenvalue weighted by molar-refractivity contribution is 5.93. The molecule has 0 aliphatic heterocycles. The molecule has 3 aromatic carbocycles. The lowest BCUT2D eigenvalue weighted by molar-refractivity contribution is 0.796. The second-order valence-electron chi connectivity index (χ2n) is 6.76. The molecule has 0 bridgehead atoms. The topological polar surface area (TPSA) is 29.0 Å². The van der Waals surface area contributed by atoms with Gasteiger partial charge in [0.25, 0.3) is 0 Å². The minimum atomic E-state index is 0.775. The van der Waals surface area contributed by atoms with E-state index in [1.165, 1.54) is 11.1 Å². The minimum Gasteiger partial charge on any atom is -0.337 e. The highest BCUT2D eigenvalue weighted by atomic mass is 15.2. The van der Waals surface area contributed by atoms with E-state index in [1.807, 2.05) is 12.1 Å². The van der Waals surface area contributed by atoms with Gasteiger partial charge in [-0.25, -0.2) is 9.97 Å². The summed E-state index contributed by atoms with van der Waals surface area (Å²) in [6.45, 7) is 5.90. The molecule has 0 unspecified atom stereocenters.